The molecule has 10 nitrogen and oxygen atoms in total. The van der Waals surface area contributed by atoms with Gasteiger partial charge in [0.05, 0.1) is 30.3 Å². The van der Waals surface area contributed by atoms with E-state index in [9.17, 15) is 9.59 Å². The van der Waals surface area contributed by atoms with E-state index in [0.29, 0.717) is 24.0 Å². The lowest BCUT2D eigenvalue weighted by Crippen LogP contribution is -2.46. The molecule has 0 radical (unpaired) electrons. The quantitative estimate of drug-likeness (QED) is 0.566. The minimum atomic E-state index is -0.693. The fourth-order valence-electron chi connectivity index (χ4n) is 3.71. The average Bonchev–Trinajstić information content (AvgIpc) is 3.42. The molecule has 0 spiro atoms. The fourth-order valence-corrected chi connectivity index (χ4v) is 3.71. The Balaban J connectivity index is 1.54. The number of nitrogens with one attached hydrogen (secondary N) is 2. The first-order chi connectivity index (χ1) is 14.4. The molecule has 0 unspecified atom stereocenters. The first kappa shape index (κ1) is 19.6. The first-order valence-corrected chi connectivity index (χ1v) is 9.80. The van der Waals surface area contributed by atoms with E-state index < -0.39 is 11.8 Å². The van der Waals surface area contributed by atoms with Crippen molar-refractivity contribution in [3.05, 3.63) is 48.0 Å². The fraction of sp³-hybridized carbons (Fsp3) is 0.350. The molecule has 2 atom stereocenters. The van der Waals surface area contributed by atoms with Crippen molar-refractivity contribution >= 4 is 23.3 Å². The van der Waals surface area contributed by atoms with Gasteiger partial charge in [0.1, 0.15) is 11.6 Å². The number of rotatable bonds is 3. The number of hydrogen-bond acceptors (Lipinski definition) is 6. The van der Waals surface area contributed by atoms with Gasteiger partial charge in [-0.25, -0.2) is 9.67 Å². The van der Waals surface area contributed by atoms with Crippen LogP contribution < -0.4 is 11.1 Å². The summed E-state index contributed by atoms with van der Waals surface area (Å²) in [6.07, 6.45) is 8.40. The molecule has 4 N–H and O–H groups in total. The molecule has 1 aliphatic rings. The van der Waals surface area contributed by atoms with E-state index in [1.807, 2.05) is 6.20 Å². The molecule has 10 heteroatoms. The predicted molar refractivity (Wildman–Crippen MR) is 111 cm³/mol. The van der Waals surface area contributed by atoms with E-state index >= 15 is 0 Å². The third kappa shape index (κ3) is 3.88. The largest absolute Gasteiger partial charge is 0.383 e. The van der Waals surface area contributed by atoms with E-state index in [4.69, 9.17) is 5.73 Å². The smallest absolute Gasteiger partial charge is 0.313 e. The minimum Gasteiger partial charge on any atom is -0.383 e. The number of piperidine rings is 1. The molecule has 1 fully saturated rings. The van der Waals surface area contributed by atoms with Crippen LogP contribution in [0.4, 0.5) is 11.5 Å². The number of pyridine rings is 1. The highest BCUT2D eigenvalue weighted by Gasteiger charge is 2.35. The van der Waals surface area contributed by atoms with Gasteiger partial charge in [0, 0.05) is 24.4 Å². The van der Waals surface area contributed by atoms with E-state index in [1.54, 1.807) is 41.0 Å². The molecule has 30 heavy (non-hydrogen) atoms. The van der Waals surface area contributed by atoms with Crippen LogP contribution in [0.2, 0.25) is 0 Å². The number of anilines is 2. The number of carbonyl (C=O) groups excluding carboxylic acids is 2. The highest BCUT2D eigenvalue weighted by molar-refractivity contribution is 6.39. The zero-order chi connectivity index (χ0) is 21.3. The molecule has 3 aromatic rings. The Morgan fingerprint density at radius 3 is 2.87 bits per heavy atom. The summed E-state index contributed by atoms with van der Waals surface area (Å²) < 4.78 is 1.67. The van der Waals surface area contributed by atoms with Gasteiger partial charge in [0.15, 0.2) is 0 Å². The number of aromatic amines is 1. The number of amides is 2. The van der Waals surface area contributed by atoms with Crippen LogP contribution in [0.15, 0.2) is 36.9 Å². The lowest BCUT2D eigenvalue weighted by Gasteiger charge is -2.37. The molecular formula is C20H24N8O2. The van der Waals surface area contributed by atoms with Crippen molar-refractivity contribution in [2.75, 3.05) is 17.6 Å². The molecule has 1 saturated heterocycles. The van der Waals surface area contributed by atoms with Crippen molar-refractivity contribution < 1.29 is 9.59 Å². The second-order valence-corrected chi connectivity index (χ2v) is 7.70. The monoisotopic (exact) mass is 408 g/mol. The number of aromatic nitrogens is 5. The van der Waals surface area contributed by atoms with Crippen LogP contribution in [-0.2, 0) is 9.59 Å². The molecule has 0 aromatic carbocycles. The molecular weight excluding hydrogens is 384 g/mol. The summed E-state index contributed by atoms with van der Waals surface area (Å²) in [5.41, 5.74) is 7.77. The number of aryl methyl sites for hydroxylation is 1. The summed E-state index contributed by atoms with van der Waals surface area (Å²) in [6.45, 7) is 4.38. The number of nitrogens with zero attached hydrogens (tertiary/aromatic N) is 5. The Hall–Kier alpha value is -3.69. The maximum atomic E-state index is 13.0. The van der Waals surface area contributed by atoms with Gasteiger partial charge < -0.3 is 16.0 Å². The normalized spacial score (nSPS) is 18.9. The van der Waals surface area contributed by atoms with Crippen molar-refractivity contribution in [3.8, 4) is 5.82 Å². The topological polar surface area (TPSA) is 135 Å². The van der Waals surface area contributed by atoms with Crippen LogP contribution in [0.1, 0.15) is 36.9 Å². The zero-order valence-electron chi connectivity index (χ0n) is 16.9. The second kappa shape index (κ2) is 7.97. The van der Waals surface area contributed by atoms with Gasteiger partial charge >= 0.3 is 11.8 Å². The van der Waals surface area contributed by atoms with Gasteiger partial charge in [-0.3, -0.25) is 14.7 Å². The van der Waals surface area contributed by atoms with Crippen molar-refractivity contribution in [1.82, 2.24) is 29.9 Å². The third-order valence-electron chi connectivity index (χ3n) is 5.37. The lowest BCUT2D eigenvalue weighted by atomic mass is 9.91. The maximum Gasteiger partial charge on any atom is 0.313 e. The van der Waals surface area contributed by atoms with Crippen molar-refractivity contribution in [1.29, 1.82) is 0 Å². The van der Waals surface area contributed by atoms with Crippen LogP contribution >= 0.6 is 0 Å². The number of carbonyl (C=O) groups is 2. The molecule has 0 aliphatic carbocycles. The highest BCUT2D eigenvalue weighted by Crippen LogP contribution is 2.33. The number of nitrogen functional groups attached to an aromatic ring is 1. The van der Waals surface area contributed by atoms with Crippen LogP contribution in [0, 0.1) is 12.8 Å². The highest BCUT2D eigenvalue weighted by atomic mass is 16.2. The summed E-state index contributed by atoms with van der Waals surface area (Å²) in [6, 6.07) is 3.28. The maximum absolute atomic E-state index is 13.0. The Kier molecular flexibility index (Phi) is 5.21. The van der Waals surface area contributed by atoms with E-state index in [2.05, 4.69) is 32.5 Å². The molecule has 0 bridgehead atoms. The van der Waals surface area contributed by atoms with Crippen molar-refractivity contribution in [3.63, 3.8) is 0 Å². The summed E-state index contributed by atoms with van der Waals surface area (Å²) >= 11 is 0. The van der Waals surface area contributed by atoms with Crippen LogP contribution in [-0.4, -0.2) is 48.2 Å². The van der Waals surface area contributed by atoms with Gasteiger partial charge in [-0.15, -0.1) is 0 Å². The van der Waals surface area contributed by atoms with Crippen molar-refractivity contribution in [2.45, 2.75) is 32.7 Å². The van der Waals surface area contributed by atoms with Crippen molar-refractivity contribution in [2.24, 2.45) is 5.92 Å². The molecule has 156 valence electrons. The number of likely N-dealkylation sites (tertiary alicyclic amines) is 1. The molecule has 3 aromatic heterocycles. The Morgan fingerprint density at radius 2 is 2.13 bits per heavy atom. The van der Waals surface area contributed by atoms with Crippen LogP contribution in [0.5, 0.6) is 0 Å². The van der Waals surface area contributed by atoms with Gasteiger partial charge in [-0.1, -0.05) is 6.92 Å². The van der Waals surface area contributed by atoms with Gasteiger partial charge in [-0.2, -0.15) is 10.2 Å². The van der Waals surface area contributed by atoms with E-state index in [-0.39, 0.29) is 6.04 Å². The van der Waals surface area contributed by atoms with Gasteiger partial charge in [0.2, 0.25) is 0 Å². The molecule has 1 aliphatic heterocycles. The Bertz CT molecular complexity index is 1060. The standard InChI is InChI=1S/C20H24N8O2/c1-12-3-4-16(14-8-24-28(11-14)17-5-6-23-26-17)27(10-12)20(30)19(29)25-15-7-13(2)18(21)22-9-15/h5-9,11-12,16H,3-4,10H2,1-2H3,(H2,21,22)(H,23,26)(H,25,29)/t12-,16+/m1/s1. The summed E-state index contributed by atoms with van der Waals surface area (Å²) in [4.78, 5) is 31.4. The Morgan fingerprint density at radius 1 is 1.30 bits per heavy atom. The summed E-state index contributed by atoms with van der Waals surface area (Å²) in [5.74, 6) is 0.156. The van der Waals surface area contributed by atoms with Crippen LogP contribution in [0.25, 0.3) is 5.82 Å². The second-order valence-electron chi connectivity index (χ2n) is 7.70. The number of nitrogens with two attached hydrogens (primary N) is 1. The zero-order valence-corrected chi connectivity index (χ0v) is 16.9. The SMILES string of the molecule is Cc1cc(NC(=O)C(=O)N2C[C@H](C)CC[C@H]2c2cnn(-c3ccn[nH]3)c2)cnc1N. The average molecular weight is 408 g/mol. The lowest BCUT2D eigenvalue weighted by molar-refractivity contribution is -0.146. The summed E-state index contributed by atoms with van der Waals surface area (Å²) in [5, 5.41) is 13.8. The molecule has 0 saturated carbocycles. The van der Waals surface area contributed by atoms with Gasteiger partial charge in [0.25, 0.3) is 0 Å². The molecule has 4 heterocycles. The number of hydrogen-bond donors (Lipinski definition) is 3. The summed E-state index contributed by atoms with van der Waals surface area (Å²) in [7, 11) is 0. The predicted octanol–water partition coefficient (Wildman–Crippen LogP) is 1.82. The number of H-pyrrole nitrogens is 1. The van der Waals surface area contributed by atoms with E-state index in [0.717, 1.165) is 29.8 Å². The van der Waals surface area contributed by atoms with Gasteiger partial charge in [-0.05, 0) is 37.3 Å². The Labute approximate surface area is 173 Å². The first-order valence-electron chi connectivity index (χ1n) is 9.80. The third-order valence-corrected chi connectivity index (χ3v) is 5.37. The molecule has 2 amide bonds. The van der Waals surface area contributed by atoms with Crippen LogP contribution in [0.3, 0.4) is 0 Å². The molecule has 4 rings (SSSR count). The van der Waals surface area contributed by atoms with E-state index in [1.165, 1.54) is 6.20 Å². The minimum absolute atomic E-state index is 0.220.